The van der Waals surface area contributed by atoms with Gasteiger partial charge in [0.1, 0.15) is 0 Å². The Labute approximate surface area is 113 Å². The van der Waals surface area contributed by atoms with Gasteiger partial charge in [0, 0.05) is 6.54 Å². The number of carbonyl (C=O) groups excluding carboxylic acids is 1. The van der Waals surface area contributed by atoms with E-state index >= 15 is 0 Å². The van der Waals surface area contributed by atoms with Gasteiger partial charge in [0.15, 0.2) is 0 Å². The summed E-state index contributed by atoms with van der Waals surface area (Å²) in [5, 5.41) is 11.2. The lowest BCUT2D eigenvalue weighted by Gasteiger charge is -2.12. The summed E-state index contributed by atoms with van der Waals surface area (Å²) in [6, 6.07) is 9.44. The van der Waals surface area contributed by atoms with Crippen molar-refractivity contribution in [1.82, 2.24) is 5.32 Å². The molecule has 1 amide bonds. The predicted molar refractivity (Wildman–Crippen MR) is 73.7 cm³/mol. The Balaban J connectivity index is 2.14. The third kappa shape index (κ3) is 6.91. The van der Waals surface area contributed by atoms with Crippen LogP contribution in [0.5, 0.6) is 0 Å². The maximum Gasteiger partial charge on any atom is 0.237 e. The van der Waals surface area contributed by atoms with Gasteiger partial charge in [-0.25, -0.2) is 0 Å². The van der Waals surface area contributed by atoms with Gasteiger partial charge in [0.2, 0.25) is 5.91 Å². The number of amides is 1. The Kier molecular flexibility index (Phi) is 7.81. The van der Waals surface area contributed by atoms with E-state index in [1.54, 1.807) is 0 Å². The Morgan fingerprint density at radius 2 is 2.05 bits per heavy atom. The number of ether oxygens (including phenoxy) is 1. The van der Waals surface area contributed by atoms with E-state index < -0.39 is 6.04 Å². The Morgan fingerprint density at radius 1 is 1.32 bits per heavy atom. The molecule has 0 bridgehead atoms. The largest absolute Gasteiger partial charge is 0.394 e. The number of hydrogen-bond donors (Lipinski definition) is 3. The first-order chi connectivity index (χ1) is 9.24. The molecule has 4 N–H and O–H groups in total. The molecule has 0 aromatic heterocycles. The molecule has 0 fully saturated rings. The van der Waals surface area contributed by atoms with Gasteiger partial charge in [-0.3, -0.25) is 4.79 Å². The molecule has 1 unspecified atom stereocenters. The van der Waals surface area contributed by atoms with Crippen molar-refractivity contribution in [3.63, 3.8) is 0 Å². The molecular weight excluding hydrogens is 244 g/mol. The second kappa shape index (κ2) is 9.49. The first-order valence-corrected chi connectivity index (χ1v) is 6.50. The highest BCUT2D eigenvalue weighted by Crippen LogP contribution is 2.03. The highest BCUT2D eigenvalue weighted by molar-refractivity contribution is 5.81. The van der Waals surface area contributed by atoms with E-state index in [0.717, 1.165) is 6.42 Å². The summed E-state index contributed by atoms with van der Waals surface area (Å²) in [5.41, 5.74) is 6.99. The zero-order chi connectivity index (χ0) is 13.9. The highest BCUT2D eigenvalue weighted by atomic mass is 16.5. The number of nitrogens with one attached hydrogen (secondary N) is 1. The van der Waals surface area contributed by atoms with E-state index in [1.165, 1.54) is 5.56 Å². The van der Waals surface area contributed by atoms with Gasteiger partial charge in [-0.2, -0.15) is 0 Å². The molecule has 1 atom stereocenters. The molecule has 1 aromatic carbocycles. The maximum atomic E-state index is 11.7. The maximum absolute atomic E-state index is 11.7. The zero-order valence-corrected chi connectivity index (χ0v) is 11.0. The van der Waals surface area contributed by atoms with Crippen molar-refractivity contribution in [3.05, 3.63) is 35.9 Å². The zero-order valence-electron chi connectivity index (χ0n) is 11.0. The van der Waals surface area contributed by atoms with Crippen LogP contribution in [0.3, 0.4) is 0 Å². The molecule has 0 aliphatic rings. The van der Waals surface area contributed by atoms with Crippen molar-refractivity contribution in [1.29, 1.82) is 0 Å². The van der Waals surface area contributed by atoms with Crippen LogP contribution in [0.4, 0.5) is 0 Å². The van der Waals surface area contributed by atoms with Crippen molar-refractivity contribution >= 4 is 5.91 Å². The number of benzene rings is 1. The summed E-state index contributed by atoms with van der Waals surface area (Å²) < 4.78 is 5.04. The molecule has 1 rings (SSSR count). The van der Waals surface area contributed by atoms with Crippen LogP contribution in [0.2, 0.25) is 0 Å². The molecule has 0 saturated heterocycles. The van der Waals surface area contributed by atoms with E-state index in [-0.39, 0.29) is 19.1 Å². The number of aryl methyl sites for hydroxylation is 1. The average molecular weight is 266 g/mol. The minimum atomic E-state index is -0.502. The van der Waals surface area contributed by atoms with E-state index in [9.17, 15) is 4.79 Å². The number of aliphatic hydroxyl groups excluding tert-OH is 1. The van der Waals surface area contributed by atoms with Crippen molar-refractivity contribution in [3.8, 4) is 0 Å². The van der Waals surface area contributed by atoms with Gasteiger partial charge in [0.25, 0.3) is 0 Å². The van der Waals surface area contributed by atoms with Gasteiger partial charge in [-0.1, -0.05) is 30.3 Å². The number of hydrogen-bond acceptors (Lipinski definition) is 4. The van der Waals surface area contributed by atoms with Crippen LogP contribution in [-0.4, -0.2) is 43.4 Å². The van der Waals surface area contributed by atoms with Crippen molar-refractivity contribution in [2.75, 3.05) is 26.4 Å². The van der Waals surface area contributed by atoms with Gasteiger partial charge in [0.05, 0.1) is 25.9 Å². The first-order valence-electron chi connectivity index (χ1n) is 6.50. The normalized spacial score (nSPS) is 12.1. The van der Waals surface area contributed by atoms with Crippen LogP contribution in [0, 0.1) is 0 Å². The summed E-state index contributed by atoms with van der Waals surface area (Å²) >= 11 is 0. The third-order valence-electron chi connectivity index (χ3n) is 2.70. The van der Waals surface area contributed by atoms with Crippen molar-refractivity contribution in [2.24, 2.45) is 5.73 Å². The second-order valence-electron chi connectivity index (χ2n) is 4.26. The van der Waals surface area contributed by atoms with Crippen LogP contribution in [-0.2, 0) is 16.0 Å². The lowest BCUT2D eigenvalue weighted by Crippen LogP contribution is -2.42. The molecule has 5 nitrogen and oxygen atoms in total. The lowest BCUT2D eigenvalue weighted by molar-refractivity contribution is -0.122. The number of rotatable bonds is 9. The summed E-state index contributed by atoms with van der Waals surface area (Å²) in [6.07, 6.45) is 1.41. The van der Waals surface area contributed by atoms with Crippen LogP contribution >= 0.6 is 0 Å². The Hall–Kier alpha value is -1.43. The second-order valence-corrected chi connectivity index (χ2v) is 4.26. The third-order valence-corrected chi connectivity index (χ3v) is 2.70. The molecule has 106 valence electrons. The molecule has 19 heavy (non-hydrogen) atoms. The molecular formula is C14H22N2O3. The summed E-state index contributed by atoms with van der Waals surface area (Å²) in [6.45, 7) is 1.08. The summed E-state index contributed by atoms with van der Waals surface area (Å²) in [5.74, 6) is -0.163. The van der Waals surface area contributed by atoms with E-state index in [0.29, 0.717) is 19.6 Å². The van der Waals surface area contributed by atoms with Crippen molar-refractivity contribution < 1.29 is 14.6 Å². The quantitative estimate of drug-likeness (QED) is 0.552. The fraction of sp³-hybridized carbons (Fsp3) is 0.500. The smallest absolute Gasteiger partial charge is 0.237 e. The standard InChI is InChI=1S/C14H22N2O3/c15-13(7-6-12-4-2-1-3-5-12)14(18)16-8-10-19-11-9-17/h1-5,13,17H,6-11,15H2,(H,16,18). The van der Waals surface area contributed by atoms with Gasteiger partial charge < -0.3 is 20.9 Å². The van der Waals surface area contributed by atoms with Crippen LogP contribution in [0.25, 0.3) is 0 Å². The van der Waals surface area contributed by atoms with Gasteiger partial charge in [-0.05, 0) is 18.4 Å². The van der Waals surface area contributed by atoms with Gasteiger partial charge >= 0.3 is 0 Å². The topological polar surface area (TPSA) is 84.6 Å². The molecule has 0 heterocycles. The van der Waals surface area contributed by atoms with Crippen LogP contribution in [0.1, 0.15) is 12.0 Å². The van der Waals surface area contributed by atoms with Gasteiger partial charge in [-0.15, -0.1) is 0 Å². The Bertz CT molecular complexity index is 357. The van der Waals surface area contributed by atoms with E-state index in [4.69, 9.17) is 15.6 Å². The molecule has 0 aliphatic heterocycles. The van der Waals surface area contributed by atoms with Crippen LogP contribution < -0.4 is 11.1 Å². The highest BCUT2D eigenvalue weighted by Gasteiger charge is 2.12. The molecule has 5 heteroatoms. The summed E-state index contributed by atoms with van der Waals surface area (Å²) in [7, 11) is 0. The molecule has 0 aliphatic carbocycles. The number of nitrogens with two attached hydrogens (primary N) is 1. The number of aliphatic hydroxyl groups is 1. The van der Waals surface area contributed by atoms with E-state index in [1.807, 2.05) is 30.3 Å². The fourth-order valence-electron chi connectivity index (χ4n) is 1.64. The van der Waals surface area contributed by atoms with Crippen molar-refractivity contribution in [2.45, 2.75) is 18.9 Å². The lowest BCUT2D eigenvalue weighted by atomic mass is 10.1. The molecule has 0 radical (unpaired) electrons. The molecule has 1 aromatic rings. The monoisotopic (exact) mass is 266 g/mol. The SMILES string of the molecule is NC(CCc1ccccc1)C(=O)NCCOCCO. The first kappa shape index (κ1) is 15.6. The molecule has 0 spiro atoms. The average Bonchev–Trinajstić information content (AvgIpc) is 2.45. The predicted octanol–water partition coefficient (Wildman–Crippen LogP) is 0.0716. The van der Waals surface area contributed by atoms with Crippen LogP contribution in [0.15, 0.2) is 30.3 Å². The minimum Gasteiger partial charge on any atom is -0.394 e. The van der Waals surface area contributed by atoms with E-state index in [2.05, 4.69) is 5.32 Å². The fourth-order valence-corrected chi connectivity index (χ4v) is 1.64. The minimum absolute atomic E-state index is 0.00939. The Morgan fingerprint density at radius 3 is 2.74 bits per heavy atom. The summed E-state index contributed by atoms with van der Waals surface area (Å²) in [4.78, 5) is 11.7. The number of carbonyl (C=O) groups is 1. The molecule has 0 saturated carbocycles.